The molecule has 2 fully saturated rings. The number of rotatable bonds is 5. The summed E-state index contributed by atoms with van der Waals surface area (Å²) < 4.78 is 16.3. The lowest BCUT2D eigenvalue weighted by atomic mass is 9.89. The molecule has 10 nitrogen and oxygen atoms in total. The van der Waals surface area contributed by atoms with Crippen LogP contribution in [0.1, 0.15) is 13.8 Å². The van der Waals surface area contributed by atoms with Crippen molar-refractivity contribution >= 4 is 0 Å². The SMILES string of the molecule is CC(C)[C@H]1OC(CO)[C@@H](O[C@@H]2OC(CO)[C@@H](O)C(O)[C@@H]2O)C(O)[C@@H]1O. The molecule has 0 radical (unpaired) electrons. The number of ether oxygens (including phenoxy) is 3. The van der Waals surface area contributed by atoms with Gasteiger partial charge in [-0.25, -0.2) is 0 Å². The van der Waals surface area contributed by atoms with E-state index in [1.165, 1.54) is 0 Å². The third-order valence-corrected chi connectivity index (χ3v) is 4.70. The third kappa shape index (κ3) is 4.14. The predicted molar refractivity (Wildman–Crippen MR) is 81.2 cm³/mol. The fraction of sp³-hybridized carbons (Fsp3) is 1.00. The zero-order valence-corrected chi connectivity index (χ0v) is 14.1. The van der Waals surface area contributed by atoms with E-state index in [2.05, 4.69) is 0 Å². The zero-order valence-electron chi connectivity index (χ0n) is 14.1. The molecule has 148 valence electrons. The highest BCUT2D eigenvalue weighted by Gasteiger charge is 2.50. The van der Waals surface area contributed by atoms with E-state index in [-0.39, 0.29) is 5.92 Å². The lowest BCUT2D eigenvalue weighted by molar-refractivity contribution is -0.343. The first-order valence-electron chi connectivity index (χ1n) is 8.31. The Balaban J connectivity index is 2.14. The Morgan fingerprint density at radius 1 is 0.760 bits per heavy atom. The number of hydrogen-bond donors (Lipinski definition) is 7. The van der Waals surface area contributed by atoms with Crippen molar-refractivity contribution in [3.8, 4) is 0 Å². The number of aliphatic hydroxyl groups is 7. The van der Waals surface area contributed by atoms with Gasteiger partial charge in [0.25, 0.3) is 0 Å². The quantitative estimate of drug-likeness (QED) is 0.256. The molecule has 2 aliphatic rings. The number of aliphatic hydroxyl groups excluding tert-OH is 7. The van der Waals surface area contributed by atoms with E-state index in [1.807, 2.05) is 0 Å². The Morgan fingerprint density at radius 2 is 1.36 bits per heavy atom. The Hall–Kier alpha value is -0.400. The van der Waals surface area contributed by atoms with Crippen molar-refractivity contribution in [2.24, 2.45) is 5.92 Å². The molecule has 0 aromatic rings. The van der Waals surface area contributed by atoms with Crippen molar-refractivity contribution in [3.63, 3.8) is 0 Å². The minimum Gasteiger partial charge on any atom is -0.394 e. The van der Waals surface area contributed by atoms with Crippen molar-refractivity contribution in [1.82, 2.24) is 0 Å². The van der Waals surface area contributed by atoms with Gasteiger partial charge in [0.2, 0.25) is 0 Å². The molecular formula is C15H28O10. The minimum atomic E-state index is -1.66. The molecule has 0 aromatic carbocycles. The van der Waals surface area contributed by atoms with Crippen LogP contribution >= 0.6 is 0 Å². The van der Waals surface area contributed by atoms with E-state index in [4.69, 9.17) is 14.2 Å². The van der Waals surface area contributed by atoms with Crippen molar-refractivity contribution in [3.05, 3.63) is 0 Å². The lowest BCUT2D eigenvalue weighted by Crippen LogP contribution is -2.65. The first-order chi connectivity index (χ1) is 11.7. The van der Waals surface area contributed by atoms with Gasteiger partial charge in [0.05, 0.1) is 19.3 Å². The van der Waals surface area contributed by atoms with Crippen LogP contribution in [0.5, 0.6) is 0 Å². The maximum absolute atomic E-state index is 10.4. The summed E-state index contributed by atoms with van der Waals surface area (Å²) in [5.41, 5.74) is 0. The summed E-state index contributed by atoms with van der Waals surface area (Å²) in [6.45, 7) is 2.42. The molecule has 7 N–H and O–H groups in total. The van der Waals surface area contributed by atoms with Gasteiger partial charge in [-0.05, 0) is 5.92 Å². The number of hydrogen-bond acceptors (Lipinski definition) is 10. The molecule has 2 rings (SSSR count). The standard InChI is InChI=1S/C15H28O10/c1-5(2)13-10(20)11(21)14(7(4-17)23-13)25-15-12(22)9(19)8(18)6(3-16)24-15/h5-22H,3-4H2,1-2H3/t6?,7?,8-,9?,10+,11?,12+,13-,14-,15+/m1/s1. The van der Waals surface area contributed by atoms with Crippen LogP contribution in [0.2, 0.25) is 0 Å². The van der Waals surface area contributed by atoms with Gasteiger partial charge >= 0.3 is 0 Å². The van der Waals surface area contributed by atoms with Crippen molar-refractivity contribution < 1.29 is 50.0 Å². The highest BCUT2D eigenvalue weighted by atomic mass is 16.7. The van der Waals surface area contributed by atoms with Crippen LogP contribution in [0.25, 0.3) is 0 Å². The van der Waals surface area contributed by atoms with E-state index in [0.29, 0.717) is 0 Å². The second-order valence-electron chi connectivity index (χ2n) is 6.84. The van der Waals surface area contributed by atoms with Gasteiger partial charge in [-0.2, -0.15) is 0 Å². The molecule has 0 bridgehead atoms. The zero-order chi connectivity index (χ0) is 18.9. The molecule has 4 unspecified atom stereocenters. The molecule has 2 aliphatic heterocycles. The Labute approximate surface area is 145 Å². The summed E-state index contributed by atoms with van der Waals surface area (Å²) in [4.78, 5) is 0. The first-order valence-corrected chi connectivity index (χ1v) is 8.31. The first kappa shape index (κ1) is 20.9. The van der Waals surface area contributed by atoms with E-state index < -0.39 is 74.4 Å². The summed E-state index contributed by atoms with van der Waals surface area (Å²) in [5, 5.41) is 68.8. The van der Waals surface area contributed by atoms with Crippen LogP contribution in [-0.2, 0) is 14.2 Å². The van der Waals surface area contributed by atoms with Gasteiger partial charge in [-0.3, -0.25) is 0 Å². The van der Waals surface area contributed by atoms with Crippen molar-refractivity contribution in [1.29, 1.82) is 0 Å². The van der Waals surface area contributed by atoms with Crippen LogP contribution in [0.4, 0.5) is 0 Å². The largest absolute Gasteiger partial charge is 0.394 e. The molecule has 2 saturated heterocycles. The van der Waals surface area contributed by atoms with E-state index >= 15 is 0 Å². The summed E-state index contributed by atoms with van der Waals surface area (Å²) in [5.74, 6) is -0.132. The fourth-order valence-electron chi connectivity index (χ4n) is 3.17. The lowest BCUT2D eigenvalue weighted by Gasteiger charge is -2.47. The van der Waals surface area contributed by atoms with Gasteiger partial charge in [0.15, 0.2) is 6.29 Å². The second-order valence-corrected chi connectivity index (χ2v) is 6.84. The molecule has 0 saturated carbocycles. The van der Waals surface area contributed by atoms with Crippen molar-refractivity contribution in [2.45, 2.75) is 75.1 Å². The van der Waals surface area contributed by atoms with Crippen LogP contribution in [0, 0.1) is 5.92 Å². The Kier molecular flexibility index (Phi) is 7.13. The Bertz CT molecular complexity index is 417. The second kappa shape index (κ2) is 8.53. The normalized spacial score (nSPS) is 48.7. The molecule has 10 atom stereocenters. The van der Waals surface area contributed by atoms with E-state index in [9.17, 15) is 35.7 Å². The van der Waals surface area contributed by atoms with Crippen LogP contribution in [0.3, 0.4) is 0 Å². The molecule has 0 aromatic heterocycles. The Morgan fingerprint density at radius 3 is 1.88 bits per heavy atom. The average molecular weight is 368 g/mol. The highest BCUT2D eigenvalue weighted by Crippen LogP contribution is 2.31. The third-order valence-electron chi connectivity index (χ3n) is 4.70. The van der Waals surface area contributed by atoms with E-state index in [1.54, 1.807) is 13.8 Å². The molecule has 25 heavy (non-hydrogen) atoms. The summed E-state index contributed by atoms with van der Waals surface area (Å²) in [6.07, 6.45) is -13.2. The fourth-order valence-corrected chi connectivity index (χ4v) is 3.17. The van der Waals surface area contributed by atoms with Gasteiger partial charge in [-0.15, -0.1) is 0 Å². The van der Waals surface area contributed by atoms with Crippen molar-refractivity contribution in [2.75, 3.05) is 13.2 Å². The van der Waals surface area contributed by atoms with Crippen LogP contribution in [-0.4, -0.2) is 110 Å². The van der Waals surface area contributed by atoms with Gasteiger partial charge in [0, 0.05) is 0 Å². The van der Waals surface area contributed by atoms with Gasteiger partial charge in [0.1, 0.15) is 48.8 Å². The highest BCUT2D eigenvalue weighted by molar-refractivity contribution is 4.96. The molecule has 10 heteroatoms. The predicted octanol–water partition coefficient (Wildman–Crippen LogP) is -3.69. The van der Waals surface area contributed by atoms with Gasteiger partial charge in [-0.1, -0.05) is 13.8 Å². The van der Waals surface area contributed by atoms with Gasteiger partial charge < -0.3 is 50.0 Å². The molecule has 0 amide bonds. The topological polar surface area (TPSA) is 169 Å². The van der Waals surface area contributed by atoms with Crippen LogP contribution < -0.4 is 0 Å². The molecule has 0 aliphatic carbocycles. The smallest absolute Gasteiger partial charge is 0.187 e. The maximum atomic E-state index is 10.4. The summed E-state index contributed by atoms with van der Waals surface area (Å²) >= 11 is 0. The average Bonchev–Trinajstić information content (AvgIpc) is 2.58. The monoisotopic (exact) mass is 368 g/mol. The molecule has 0 spiro atoms. The van der Waals surface area contributed by atoms with E-state index in [0.717, 1.165) is 0 Å². The molecule has 2 heterocycles. The van der Waals surface area contributed by atoms with Crippen LogP contribution in [0.15, 0.2) is 0 Å². The minimum absolute atomic E-state index is 0.132. The summed E-state index contributed by atoms with van der Waals surface area (Å²) in [6, 6.07) is 0. The maximum Gasteiger partial charge on any atom is 0.187 e. The summed E-state index contributed by atoms with van der Waals surface area (Å²) in [7, 11) is 0. The molecular weight excluding hydrogens is 340 g/mol.